The number of hydrogen-bond acceptors (Lipinski definition) is 5. The molecule has 0 spiro atoms. The molecule has 2 heterocycles. The van der Waals surface area contributed by atoms with Gasteiger partial charge in [-0.05, 0) is 25.1 Å². The number of aliphatic hydroxyl groups is 2. The molecule has 0 unspecified atom stereocenters. The van der Waals surface area contributed by atoms with Crippen LogP contribution >= 0.6 is 0 Å². The number of benzene rings is 1. The van der Waals surface area contributed by atoms with Gasteiger partial charge in [0.05, 0.1) is 19.3 Å². The summed E-state index contributed by atoms with van der Waals surface area (Å²) in [5, 5.41) is 20.5. The zero-order valence-electron chi connectivity index (χ0n) is 13.2. The molecule has 0 aliphatic carbocycles. The lowest BCUT2D eigenvalue weighted by Crippen LogP contribution is -2.48. The van der Waals surface area contributed by atoms with Crippen molar-refractivity contribution in [2.75, 3.05) is 26.8 Å². The van der Waals surface area contributed by atoms with E-state index >= 15 is 0 Å². The number of furan rings is 1. The van der Waals surface area contributed by atoms with Gasteiger partial charge in [-0.25, -0.2) is 0 Å². The minimum Gasteiger partial charge on any atom is -0.451 e. The standard InChI is InChI=1S/C17H21NO5/c1-10-3-4-14-11(5-10)6-15(23-14)17(21)18(2)7-12-8-22-9-13(19)16(12)20/h3-6,12-13,16,19-20H,7-9H2,1-2H3/t12-,13-,16+/m1/s1. The van der Waals surface area contributed by atoms with Crippen LogP contribution in [0.1, 0.15) is 16.1 Å². The van der Waals surface area contributed by atoms with Crippen molar-refractivity contribution in [3.05, 3.63) is 35.6 Å². The average molecular weight is 319 g/mol. The third-order valence-electron chi connectivity index (χ3n) is 4.24. The first kappa shape index (κ1) is 16.0. The summed E-state index contributed by atoms with van der Waals surface area (Å²) in [5.74, 6) is -0.315. The van der Waals surface area contributed by atoms with Crippen LogP contribution in [-0.2, 0) is 4.74 Å². The lowest BCUT2D eigenvalue weighted by Gasteiger charge is -2.34. The molecule has 1 saturated heterocycles. The third-order valence-corrected chi connectivity index (χ3v) is 4.24. The van der Waals surface area contributed by atoms with E-state index < -0.39 is 12.2 Å². The highest BCUT2D eigenvalue weighted by Gasteiger charge is 2.33. The topological polar surface area (TPSA) is 83.1 Å². The van der Waals surface area contributed by atoms with Crippen LogP contribution in [-0.4, -0.2) is 60.0 Å². The molecule has 0 saturated carbocycles. The molecular weight excluding hydrogens is 298 g/mol. The molecular formula is C17H21NO5. The van der Waals surface area contributed by atoms with Crippen LogP contribution in [0.25, 0.3) is 11.0 Å². The molecule has 2 N–H and O–H groups in total. The van der Waals surface area contributed by atoms with Gasteiger partial charge in [-0.3, -0.25) is 4.79 Å². The number of hydrogen-bond donors (Lipinski definition) is 2. The fourth-order valence-electron chi connectivity index (χ4n) is 2.90. The second-order valence-corrected chi connectivity index (χ2v) is 6.19. The number of aliphatic hydroxyl groups excluding tert-OH is 2. The zero-order valence-corrected chi connectivity index (χ0v) is 13.2. The van der Waals surface area contributed by atoms with E-state index in [-0.39, 0.29) is 30.7 Å². The molecule has 1 aromatic carbocycles. The smallest absolute Gasteiger partial charge is 0.289 e. The van der Waals surface area contributed by atoms with Crippen molar-refractivity contribution in [3.63, 3.8) is 0 Å². The number of ether oxygens (including phenoxy) is 1. The fraction of sp³-hybridized carbons (Fsp3) is 0.471. The van der Waals surface area contributed by atoms with E-state index in [1.165, 1.54) is 4.90 Å². The minimum absolute atomic E-state index is 0.123. The maximum atomic E-state index is 12.5. The van der Waals surface area contributed by atoms with Gasteiger partial charge in [0.25, 0.3) is 5.91 Å². The second kappa shape index (κ2) is 6.31. The monoisotopic (exact) mass is 319 g/mol. The molecule has 1 aliphatic heterocycles. The highest BCUT2D eigenvalue weighted by molar-refractivity contribution is 5.96. The minimum atomic E-state index is -0.911. The zero-order chi connectivity index (χ0) is 16.6. The largest absolute Gasteiger partial charge is 0.451 e. The summed E-state index contributed by atoms with van der Waals surface area (Å²) >= 11 is 0. The van der Waals surface area contributed by atoms with Gasteiger partial charge in [-0.15, -0.1) is 0 Å². The van der Waals surface area contributed by atoms with Crippen molar-refractivity contribution in [2.45, 2.75) is 19.1 Å². The van der Waals surface area contributed by atoms with Crippen LogP contribution in [0.5, 0.6) is 0 Å². The first-order valence-corrected chi connectivity index (χ1v) is 7.65. The summed E-state index contributed by atoms with van der Waals surface area (Å²) < 4.78 is 10.8. The summed E-state index contributed by atoms with van der Waals surface area (Å²) in [7, 11) is 1.65. The van der Waals surface area contributed by atoms with Gasteiger partial charge in [0.2, 0.25) is 0 Å². The van der Waals surface area contributed by atoms with E-state index in [9.17, 15) is 15.0 Å². The van der Waals surface area contributed by atoms with Gasteiger partial charge in [0.15, 0.2) is 5.76 Å². The number of rotatable bonds is 3. The van der Waals surface area contributed by atoms with Crippen molar-refractivity contribution in [2.24, 2.45) is 5.92 Å². The quantitative estimate of drug-likeness (QED) is 0.888. The van der Waals surface area contributed by atoms with Crippen LogP contribution in [0.2, 0.25) is 0 Å². The number of nitrogens with zero attached hydrogens (tertiary/aromatic N) is 1. The summed E-state index contributed by atoms with van der Waals surface area (Å²) in [6.07, 6.45) is -1.80. The Bertz CT molecular complexity index is 710. The summed E-state index contributed by atoms with van der Waals surface area (Å²) in [4.78, 5) is 14.0. The Morgan fingerprint density at radius 3 is 2.87 bits per heavy atom. The van der Waals surface area contributed by atoms with E-state index in [2.05, 4.69) is 0 Å². The number of aryl methyl sites for hydroxylation is 1. The average Bonchev–Trinajstić information content (AvgIpc) is 2.94. The molecule has 23 heavy (non-hydrogen) atoms. The van der Waals surface area contributed by atoms with E-state index in [1.54, 1.807) is 13.1 Å². The van der Waals surface area contributed by atoms with Gasteiger partial charge >= 0.3 is 0 Å². The van der Waals surface area contributed by atoms with Crippen molar-refractivity contribution in [1.29, 1.82) is 0 Å². The van der Waals surface area contributed by atoms with Gasteiger partial charge in [-0.1, -0.05) is 11.6 Å². The molecule has 1 aromatic heterocycles. The van der Waals surface area contributed by atoms with E-state index in [0.29, 0.717) is 12.2 Å². The van der Waals surface area contributed by atoms with Crippen LogP contribution in [0.3, 0.4) is 0 Å². The Morgan fingerprint density at radius 1 is 1.30 bits per heavy atom. The molecule has 0 bridgehead atoms. The summed E-state index contributed by atoms with van der Waals surface area (Å²) in [6.45, 7) is 2.70. The molecule has 124 valence electrons. The number of amides is 1. The van der Waals surface area contributed by atoms with Gasteiger partial charge in [0.1, 0.15) is 11.7 Å². The van der Waals surface area contributed by atoms with Crippen molar-refractivity contribution >= 4 is 16.9 Å². The van der Waals surface area contributed by atoms with Crippen LogP contribution < -0.4 is 0 Å². The Kier molecular flexibility index (Phi) is 4.39. The molecule has 3 rings (SSSR count). The maximum Gasteiger partial charge on any atom is 0.289 e. The van der Waals surface area contributed by atoms with Crippen LogP contribution in [0.15, 0.2) is 28.7 Å². The van der Waals surface area contributed by atoms with Crippen LogP contribution in [0, 0.1) is 12.8 Å². The highest BCUT2D eigenvalue weighted by atomic mass is 16.5. The molecule has 2 aromatic rings. The Hall–Kier alpha value is -1.89. The number of carbonyl (C=O) groups is 1. The Labute approximate surface area is 134 Å². The molecule has 1 aliphatic rings. The number of carbonyl (C=O) groups excluding carboxylic acids is 1. The van der Waals surface area contributed by atoms with E-state index in [1.807, 2.05) is 25.1 Å². The molecule has 6 heteroatoms. The third kappa shape index (κ3) is 3.24. The summed E-state index contributed by atoms with van der Waals surface area (Å²) in [5.41, 5.74) is 1.77. The Morgan fingerprint density at radius 2 is 2.09 bits per heavy atom. The highest BCUT2D eigenvalue weighted by Crippen LogP contribution is 2.22. The predicted molar refractivity (Wildman–Crippen MR) is 84.2 cm³/mol. The van der Waals surface area contributed by atoms with Crippen molar-refractivity contribution in [1.82, 2.24) is 4.90 Å². The van der Waals surface area contributed by atoms with Crippen molar-refractivity contribution in [3.8, 4) is 0 Å². The molecule has 0 radical (unpaired) electrons. The van der Waals surface area contributed by atoms with Crippen LogP contribution in [0.4, 0.5) is 0 Å². The lowest BCUT2D eigenvalue weighted by atomic mass is 9.96. The lowest BCUT2D eigenvalue weighted by molar-refractivity contribution is -0.123. The molecule has 3 atom stereocenters. The van der Waals surface area contributed by atoms with Crippen molar-refractivity contribution < 1.29 is 24.2 Å². The SMILES string of the molecule is Cc1ccc2oc(C(=O)N(C)C[C@@H]3COC[C@@H](O)[C@H]3O)cc2c1. The number of fused-ring (bicyclic) bond motifs is 1. The van der Waals surface area contributed by atoms with E-state index in [0.717, 1.165) is 10.9 Å². The molecule has 1 amide bonds. The maximum absolute atomic E-state index is 12.5. The fourth-order valence-corrected chi connectivity index (χ4v) is 2.90. The molecule has 6 nitrogen and oxygen atoms in total. The summed E-state index contributed by atoms with van der Waals surface area (Å²) in [6, 6.07) is 7.46. The van der Waals surface area contributed by atoms with E-state index in [4.69, 9.17) is 9.15 Å². The normalized spacial score (nSPS) is 24.8. The first-order chi connectivity index (χ1) is 11.0. The van der Waals surface area contributed by atoms with Gasteiger partial charge in [-0.2, -0.15) is 0 Å². The Balaban J connectivity index is 1.73. The van der Waals surface area contributed by atoms with Gasteiger partial charge in [0, 0.05) is 24.9 Å². The first-order valence-electron chi connectivity index (χ1n) is 7.65. The predicted octanol–water partition coefficient (Wildman–Crippen LogP) is 1.18. The van der Waals surface area contributed by atoms with Gasteiger partial charge < -0.3 is 24.3 Å². The molecule has 1 fully saturated rings. The second-order valence-electron chi connectivity index (χ2n) is 6.19.